The lowest BCUT2D eigenvalue weighted by molar-refractivity contribution is 0.128. The number of hydrogen-bond acceptors (Lipinski definition) is 2. The first-order valence-corrected chi connectivity index (χ1v) is 6.25. The van der Waals surface area contributed by atoms with E-state index in [9.17, 15) is 0 Å². The molecule has 2 nitrogen and oxygen atoms in total. The summed E-state index contributed by atoms with van der Waals surface area (Å²) in [6.07, 6.45) is 4.04. The van der Waals surface area contributed by atoms with Crippen molar-refractivity contribution in [3.05, 3.63) is 0 Å². The van der Waals surface area contributed by atoms with Crippen LogP contribution in [-0.4, -0.2) is 37.1 Å². The third-order valence-electron chi connectivity index (χ3n) is 3.88. The van der Waals surface area contributed by atoms with Gasteiger partial charge in [-0.1, -0.05) is 6.92 Å². The minimum Gasteiger partial charge on any atom is -0.316 e. The number of rotatable bonds is 3. The summed E-state index contributed by atoms with van der Waals surface area (Å²) in [6.45, 7) is 12.9. The minimum absolute atomic E-state index is 0.304. The lowest BCUT2D eigenvalue weighted by Crippen LogP contribution is -2.43. The molecule has 0 saturated carbocycles. The van der Waals surface area contributed by atoms with E-state index in [0.717, 1.165) is 0 Å². The molecule has 2 heteroatoms. The van der Waals surface area contributed by atoms with Gasteiger partial charge in [-0.15, -0.1) is 0 Å². The zero-order valence-electron chi connectivity index (χ0n) is 11.2. The Hall–Kier alpha value is -0.0800. The quantitative estimate of drug-likeness (QED) is 0.773. The second-order valence-electron chi connectivity index (χ2n) is 6.43. The Morgan fingerprint density at radius 3 is 2.47 bits per heavy atom. The van der Waals surface area contributed by atoms with E-state index in [2.05, 4.69) is 45.0 Å². The molecule has 15 heavy (non-hydrogen) atoms. The normalized spacial score (nSPS) is 28.4. The Kier molecular flexibility index (Phi) is 4.19. The fraction of sp³-hybridized carbons (Fsp3) is 1.00. The number of hydrogen-bond donors (Lipinski definition) is 1. The topological polar surface area (TPSA) is 15.3 Å². The van der Waals surface area contributed by atoms with E-state index in [-0.39, 0.29) is 0 Å². The summed E-state index contributed by atoms with van der Waals surface area (Å²) in [5, 5.41) is 3.52. The van der Waals surface area contributed by atoms with E-state index in [0.29, 0.717) is 11.0 Å². The summed E-state index contributed by atoms with van der Waals surface area (Å²) in [5.74, 6) is 0. The maximum absolute atomic E-state index is 3.52. The minimum atomic E-state index is 0.304. The van der Waals surface area contributed by atoms with Crippen molar-refractivity contribution in [1.82, 2.24) is 10.2 Å². The van der Waals surface area contributed by atoms with Gasteiger partial charge in [0.05, 0.1) is 0 Å². The van der Waals surface area contributed by atoms with Gasteiger partial charge in [-0.05, 0) is 65.6 Å². The van der Waals surface area contributed by atoms with Crippen molar-refractivity contribution in [3.63, 3.8) is 0 Å². The second kappa shape index (κ2) is 4.84. The van der Waals surface area contributed by atoms with Crippen LogP contribution >= 0.6 is 0 Å². The molecule has 1 fully saturated rings. The molecule has 1 heterocycles. The molecule has 1 unspecified atom stereocenters. The van der Waals surface area contributed by atoms with Crippen LogP contribution in [0.15, 0.2) is 0 Å². The van der Waals surface area contributed by atoms with E-state index < -0.39 is 0 Å². The molecule has 0 radical (unpaired) electrons. The highest BCUT2D eigenvalue weighted by atomic mass is 15.2. The predicted molar refractivity (Wildman–Crippen MR) is 67.2 cm³/mol. The molecule has 0 bridgehead atoms. The van der Waals surface area contributed by atoms with Gasteiger partial charge in [-0.25, -0.2) is 0 Å². The van der Waals surface area contributed by atoms with Crippen molar-refractivity contribution < 1.29 is 0 Å². The molecule has 1 N–H and O–H groups in total. The molecule has 1 rings (SSSR count). The average molecular weight is 212 g/mol. The van der Waals surface area contributed by atoms with Crippen LogP contribution in [0.4, 0.5) is 0 Å². The summed E-state index contributed by atoms with van der Waals surface area (Å²) in [4.78, 5) is 2.47. The van der Waals surface area contributed by atoms with Gasteiger partial charge in [0.25, 0.3) is 0 Å². The van der Waals surface area contributed by atoms with Crippen LogP contribution in [-0.2, 0) is 0 Å². The van der Waals surface area contributed by atoms with Crippen LogP contribution < -0.4 is 5.32 Å². The third-order valence-corrected chi connectivity index (χ3v) is 3.88. The first-order valence-electron chi connectivity index (χ1n) is 6.25. The first-order chi connectivity index (χ1) is 6.83. The van der Waals surface area contributed by atoms with Gasteiger partial charge in [0.1, 0.15) is 0 Å². The summed E-state index contributed by atoms with van der Waals surface area (Å²) in [6, 6.07) is 0. The second-order valence-corrected chi connectivity index (χ2v) is 6.43. The predicted octanol–water partition coefficient (Wildman–Crippen LogP) is 2.50. The van der Waals surface area contributed by atoms with Crippen molar-refractivity contribution in [2.75, 3.05) is 26.7 Å². The van der Waals surface area contributed by atoms with Gasteiger partial charge in [0.2, 0.25) is 0 Å². The monoisotopic (exact) mass is 212 g/mol. The molecule has 0 aromatic carbocycles. The van der Waals surface area contributed by atoms with Gasteiger partial charge >= 0.3 is 0 Å². The van der Waals surface area contributed by atoms with Crippen LogP contribution in [0.1, 0.15) is 47.0 Å². The van der Waals surface area contributed by atoms with Crippen molar-refractivity contribution in [3.8, 4) is 0 Å². The Balaban J connectivity index is 2.35. The molecule has 0 amide bonds. The molecule has 1 saturated heterocycles. The van der Waals surface area contributed by atoms with Crippen LogP contribution in [0.25, 0.3) is 0 Å². The zero-order valence-corrected chi connectivity index (χ0v) is 11.2. The molecule has 0 aromatic rings. The highest BCUT2D eigenvalue weighted by Gasteiger charge is 2.28. The van der Waals surface area contributed by atoms with Crippen molar-refractivity contribution in [1.29, 1.82) is 0 Å². The first kappa shape index (κ1) is 13.0. The van der Waals surface area contributed by atoms with Crippen LogP contribution in [0, 0.1) is 5.41 Å². The summed E-state index contributed by atoms with van der Waals surface area (Å²) >= 11 is 0. The van der Waals surface area contributed by atoms with Gasteiger partial charge in [-0.3, -0.25) is 0 Å². The highest BCUT2D eigenvalue weighted by molar-refractivity contribution is 4.83. The van der Waals surface area contributed by atoms with Crippen LogP contribution in [0.3, 0.4) is 0 Å². The number of nitrogens with one attached hydrogen (secondary N) is 1. The smallest absolute Gasteiger partial charge is 0.0122 e. The van der Waals surface area contributed by atoms with E-state index in [1.807, 2.05) is 0 Å². The lowest BCUT2D eigenvalue weighted by atomic mass is 9.79. The molecule has 1 aliphatic rings. The van der Waals surface area contributed by atoms with Crippen LogP contribution in [0.2, 0.25) is 0 Å². The molecule has 90 valence electrons. The van der Waals surface area contributed by atoms with E-state index in [1.54, 1.807) is 0 Å². The fourth-order valence-corrected chi connectivity index (χ4v) is 2.11. The van der Waals surface area contributed by atoms with Gasteiger partial charge in [0.15, 0.2) is 0 Å². The Morgan fingerprint density at radius 2 is 2.00 bits per heavy atom. The average Bonchev–Trinajstić information content (AvgIpc) is 2.14. The SMILES string of the molecule is CN(CCC1(C)CCCNC1)C(C)(C)C. The number of nitrogens with zero attached hydrogens (tertiary/aromatic N) is 1. The van der Waals surface area contributed by atoms with Crippen molar-refractivity contribution >= 4 is 0 Å². The zero-order chi connectivity index (χ0) is 11.5. The largest absolute Gasteiger partial charge is 0.316 e. The molecule has 0 aromatic heterocycles. The van der Waals surface area contributed by atoms with Gasteiger partial charge in [-0.2, -0.15) is 0 Å². The van der Waals surface area contributed by atoms with E-state index in [4.69, 9.17) is 0 Å². The maximum atomic E-state index is 3.52. The number of piperidine rings is 1. The van der Waals surface area contributed by atoms with E-state index >= 15 is 0 Å². The van der Waals surface area contributed by atoms with Gasteiger partial charge in [0, 0.05) is 12.1 Å². The van der Waals surface area contributed by atoms with Gasteiger partial charge < -0.3 is 10.2 Å². The third kappa shape index (κ3) is 4.12. The standard InChI is InChI=1S/C13H28N2/c1-12(2,3)15(5)10-8-13(4)7-6-9-14-11-13/h14H,6-11H2,1-5H3. The lowest BCUT2D eigenvalue weighted by Gasteiger charge is -2.38. The maximum Gasteiger partial charge on any atom is 0.0122 e. The molecule has 1 atom stereocenters. The Bertz CT molecular complexity index is 187. The summed E-state index contributed by atoms with van der Waals surface area (Å²) < 4.78 is 0. The Labute approximate surface area is 95.4 Å². The Morgan fingerprint density at radius 1 is 1.33 bits per heavy atom. The molecule has 0 spiro atoms. The molecular formula is C13H28N2. The summed E-state index contributed by atoms with van der Waals surface area (Å²) in [5.41, 5.74) is 0.830. The van der Waals surface area contributed by atoms with Crippen molar-refractivity contribution in [2.24, 2.45) is 5.41 Å². The fourth-order valence-electron chi connectivity index (χ4n) is 2.11. The highest BCUT2D eigenvalue weighted by Crippen LogP contribution is 2.30. The molecule has 1 aliphatic heterocycles. The van der Waals surface area contributed by atoms with Crippen LogP contribution in [0.5, 0.6) is 0 Å². The summed E-state index contributed by atoms with van der Waals surface area (Å²) in [7, 11) is 2.24. The molecule has 0 aliphatic carbocycles. The molecular weight excluding hydrogens is 184 g/mol. The van der Waals surface area contributed by atoms with Crippen molar-refractivity contribution in [2.45, 2.75) is 52.5 Å². The van der Waals surface area contributed by atoms with E-state index in [1.165, 1.54) is 38.9 Å².